The molecule has 2 aliphatic carbocycles. The number of carbonyl (C=O) groups is 3. The minimum atomic E-state index is -1.28. The zero-order chi connectivity index (χ0) is 13.1. The minimum absolute atomic E-state index is 0.0548. The maximum absolute atomic E-state index is 11.9. The van der Waals surface area contributed by atoms with Gasteiger partial charge in [0, 0.05) is 18.4 Å². The van der Waals surface area contributed by atoms with Crippen molar-refractivity contribution in [2.24, 2.45) is 0 Å². The van der Waals surface area contributed by atoms with E-state index in [4.69, 9.17) is 0 Å². The van der Waals surface area contributed by atoms with Crippen LogP contribution in [0, 0.1) is 0 Å². The smallest absolute Gasteiger partial charge is 0.195 e. The van der Waals surface area contributed by atoms with Crippen LogP contribution in [0.25, 0.3) is 0 Å². The number of aliphatic hydroxyl groups excluding tert-OH is 1. The highest BCUT2D eigenvalue weighted by atomic mass is 16.3. The summed E-state index contributed by atoms with van der Waals surface area (Å²) in [6, 6.07) is 0. The van der Waals surface area contributed by atoms with Crippen LogP contribution in [0.5, 0.6) is 0 Å². The van der Waals surface area contributed by atoms with E-state index in [1.807, 2.05) is 0 Å². The molecule has 2 rings (SSSR count). The first-order valence-corrected chi connectivity index (χ1v) is 5.62. The van der Waals surface area contributed by atoms with Crippen LogP contribution in [0.3, 0.4) is 0 Å². The Balaban J connectivity index is 2.11. The van der Waals surface area contributed by atoms with Gasteiger partial charge in [0.1, 0.15) is 6.10 Å². The Labute approximate surface area is 104 Å². The molecule has 4 nitrogen and oxygen atoms in total. The molecule has 92 valence electrons. The predicted octanol–water partition coefficient (Wildman–Crippen LogP) is 0.827. The largest absolute Gasteiger partial charge is 0.380 e. The van der Waals surface area contributed by atoms with Crippen molar-refractivity contribution in [1.29, 1.82) is 0 Å². The third kappa shape index (κ3) is 2.60. The van der Waals surface area contributed by atoms with Crippen molar-refractivity contribution in [2.75, 3.05) is 0 Å². The molecule has 0 saturated heterocycles. The van der Waals surface area contributed by atoms with Crippen LogP contribution in [-0.4, -0.2) is 28.6 Å². The molecule has 0 bridgehead atoms. The topological polar surface area (TPSA) is 71.4 Å². The van der Waals surface area contributed by atoms with Gasteiger partial charge in [-0.1, -0.05) is 18.2 Å². The lowest BCUT2D eigenvalue weighted by Gasteiger charge is -2.14. The van der Waals surface area contributed by atoms with Gasteiger partial charge in [-0.25, -0.2) is 0 Å². The molecule has 0 amide bonds. The van der Waals surface area contributed by atoms with Crippen LogP contribution < -0.4 is 0 Å². The third-order valence-corrected chi connectivity index (χ3v) is 2.82. The Bertz CT molecular complexity index is 532. The number of Topliss-reactive ketones (excluding diaryl/α,β-unsaturated/α-hetero) is 1. The van der Waals surface area contributed by atoms with Gasteiger partial charge in [0.2, 0.25) is 0 Å². The highest BCUT2D eigenvalue weighted by Crippen LogP contribution is 2.17. The highest BCUT2D eigenvalue weighted by Gasteiger charge is 2.23. The van der Waals surface area contributed by atoms with Gasteiger partial charge in [-0.15, -0.1) is 0 Å². The predicted molar refractivity (Wildman–Crippen MR) is 64.7 cm³/mol. The maximum Gasteiger partial charge on any atom is 0.195 e. The number of ketones is 3. The van der Waals surface area contributed by atoms with Crippen molar-refractivity contribution >= 4 is 17.3 Å². The molecule has 1 unspecified atom stereocenters. The summed E-state index contributed by atoms with van der Waals surface area (Å²) in [5, 5.41) is 9.91. The summed E-state index contributed by atoms with van der Waals surface area (Å²) in [4.78, 5) is 33.9. The molecular weight excluding hydrogens is 232 g/mol. The normalized spacial score (nSPS) is 20.5. The lowest BCUT2D eigenvalue weighted by atomic mass is 9.93. The molecule has 0 aromatic carbocycles. The molecule has 0 aromatic rings. The number of allylic oxidation sites excluding steroid dienone is 5. The SMILES string of the molecule is O=C1C=CC(C(=O)C(O)C2=CCC(=O)C=C2)=CC1. The Morgan fingerprint density at radius 2 is 1.61 bits per heavy atom. The lowest BCUT2D eigenvalue weighted by molar-refractivity contribution is -0.121. The van der Waals surface area contributed by atoms with E-state index in [1.165, 1.54) is 30.4 Å². The van der Waals surface area contributed by atoms with Gasteiger partial charge >= 0.3 is 0 Å². The van der Waals surface area contributed by atoms with Crippen LogP contribution in [0.15, 0.2) is 47.6 Å². The van der Waals surface area contributed by atoms with Crippen molar-refractivity contribution in [2.45, 2.75) is 18.9 Å². The number of rotatable bonds is 3. The molecule has 0 fully saturated rings. The summed E-state index contributed by atoms with van der Waals surface area (Å²) in [6.45, 7) is 0. The van der Waals surface area contributed by atoms with Crippen molar-refractivity contribution < 1.29 is 19.5 Å². The molecule has 0 aromatic heterocycles. The van der Waals surface area contributed by atoms with Gasteiger partial charge in [-0.2, -0.15) is 0 Å². The minimum Gasteiger partial charge on any atom is -0.380 e. The summed E-state index contributed by atoms with van der Waals surface area (Å²) in [7, 11) is 0. The average molecular weight is 244 g/mol. The van der Waals surface area contributed by atoms with Gasteiger partial charge in [-0.05, 0) is 23.8 Å². The van der Waals surface area contributed by atoms with Gasteiger partial charge in [0.25, 0.3) is 0 Å². The molecule has 18 heavy (non-hydrogen) atoms. The second-order valence-electron chi connectivity index (χ2n) is 4.14. The molecule has 1 N–H and O–H groups in total. The van der Waals surface area contributed by atoms with E-state index in [2.05, 4.69) is 0 Å². The van der Waals surface area contributed by atoms with E-state index in [0.29, 0.717) is 11.1 Å². The van der Waals surface area contributed by atoms with E-state index in [-0.39, 0.29) is 24.4 Å². The summed E-state index contributed by atoms with van der Waals surface area (Å²) >= 11 is 0. The molecule has 0 aliphatic heterocycles. The van der Waals surface area contributed by atoms with E-state index >= 15 is 0 Å². The molecule has 4 heteroatoms. The quantitative estimate of drug-likeness (QED) is 0.798. The number of carbonyl (C=O) groups excluding carboxylic acids is 3. The first-order valence-electron chi connectivity index (χ1n) is 5.62. The van der Waals surface area contributed by atoms with Gasteiger partial charge in [0.15, 0.2) is 17.3 Å². The van der Waals surface area contributed by atoms with E-state index in [1.54, 1.807) is 6.08 Å². The van der Waals surface area contributed by atoms with Crippen LogP contribution >= 0.6 is 0 Å². The van der Waals surface area contributed by atoms with E-state index in [0.717, 1.165) is 0 Å². The van der Waals surface area contributed by atoms with Gasteiger partial charge < -0.3 is 5.11 Å². The van der Waals surface area contributed by atoms with Crippen LogP contribution in [0.4, 0.5) is 0 Å². The standard InChI is InChI=1S/C14H12O4/c15-11-5-1-9(2-6-11)13(17)14(18)10-3-7-12(16)8-4-10/h1-5,7,13,17H,6,8H2. The first-order chi connectivity index (χ1) is 8.58. The Morgan fingerprint density at radius 1 is 1.00 bits per heavy atom. The second kappa shape index (κ2) is 5.06. The van der Waals surface area contributed by atoms with Crippen LogP contribution in [0.2, 0.25) is 0 Å². The second-order valence-corrected chi connectivity index (χ2v) is 4.14. The summed E-state index contributed by atoms with van der Waals surface area (Å²) < 4.78 is 0. The van der Waals surface area contributed by atoms with E-state index < -0.39 is 11.9 Å². The zero-order valence-corrected chi connectivity index (χ0v) is 9.63. The fourth-order valence-electron chi connectivity index (χ4n) is 1.77. The average Bonchev–Trinajstić information content (AvgIpc) is 2.39. The van der Waals surface area contributed by atoms with Crippen molar-refractivity contribution in [3.05, 3.63) is 47.6 Å². The Morgan fingerprint density at radius 3 is 2.11 bits per heavy atom. The van der Waals surface area contributed by atoms with Crippen molar-refractivity contribution in [1.82, 2.24) is 0 Å². The molecule has 2 aliphatic rings. The van der Waals surface area contributed by atoms with Crippen LogP contribution in [0.1, 0.15) is 12.8 Å². The van der Waals surface area contributed by atoms with Crippen LogP contribution in [-0.2, 0) is 14.4 Å². The van der Waals surface area contributed by atoms with E-state index in [9.17, 15) is 19.5 Å². The number of aliphatic hydroxyl groups is 1. The molecule has 1 atom stereocenters. The molecule has 0 spiro atoms. The molecule has 0 radical (unpaired) electrons. The van der Waals surface area contributed by atoms with Gasteiger partial charge in [-0.3, -0.25) is 14.4 Å². The first kappa shape index (κ1) is 12.4. The fourth-order valence-corrected chi connectivity index (χ4v) is 1.77. The summed E-state index contributed by atoms with van der Waals surface area (Å²) in [6.07, 6.45) is 7.69. The number of hydrogen-bond acceptors (Lipinski definition) is 4. The molecular formula is C14H12O4. The summed E-state index contributed by atoms with van der Waals surface area (Å²) in [5.41, 5.74) is 0.749. The van der Waals surface area contributed by atoms with Crippen molar-refractivity contribution in [3.8, 4) is 0 Å². The summed E-state index contributed by atoms with van der Waals surface area (Å²) in [5.74, 6) is -0.576. The highest BCUT2D eigenvalue weighted by molar-refractivity contribution is 6.07. The zero-order valence-electron chi connectivity index (χ0n) is 9.63. The lowest BCUT2D eigenvalue weighted by Crippen LogP contribution is -2.25. The Kier molecular flexibility index (Phi) is 3.48. The van der Waals surface area contributed by atoms with Gasteiger partial charge in [0.05, 0.1) is 0 Å². The number of hydrogen-bond donors (Lipinski definition) is 1. The maximum atomic E-state index is 11.9. The Hall–Kier alpha value is -2.07. The molecule has 0 heterocycles. The monoisotopic (exact) mass is 244 g/mol. The molecule has 0 saturated carbocycles. The third-order valence-electron chi connectivity index (χ3n) is 2.82. The fraction of sp³-hybridized carbons (Fsp3) is 0.214. The van der Waals surface area contributed by atoms with Crippen molar-refractivity contribution in [3.63, 3.8) is 0 Å².